The average Bonchev–Trinajstić information content (AvgIpc) is 3.67. The predicted molar refractivity (Wildman–Crippen MR) is 170 cm³/mol. The van der Waals surface area contributed by atoms with Gasteiger partial charge < -0.3 is 29.1 Å². The van der Waals surface area contributed by atoms with Gasteiger partial charge in [-0.3, -0.25) is 9.47 Å². The number of ether oxygens (including phenoxy) is 4. The Morgan fingerprint density at radius 2 is 2.02 bits per heavy atom. The number of nitro groups is 1. The fraction of sp³-hybridized carbons (Fsp3) is 0.273. The van der Waals surface area contributed by atoms with Crippen LogP contribution in [-0.2, 0) is 26.0 Å². The molecular weight excluding hydrogens is 633 g/mol. The largest absolute Gasteiger partial charge is 0.493 e. The first-order valence-corrected chi connectivity index (χ1v) is 15.3. The van der Waals surface area contributed by atoms with Crippen LogP contribution in [0.25, 0.3) is 11.8 Å². The van der Waals surface area contributed by atoms with Crippen molar-refractivity contribution in [3.8, 4) is 29.1 Å². The number of benzene rings is 3. The van der Waals surface area contributed by atoms with Crippen molar-refractivity contribution < 1.29 is 23.9 Å². The molecule has 3 aliphatic heterocycles. The van der Waals surface area contributed by atoms with E-state index in [2.05, 4.69) is 28.1 Å². The van der Waals surface area contributed by atoms with Crippen LogP contribution in [0.3, 0.4) is 0 Å². The van der Waals surface area contributed by atoms with Gasteiger partial charge in [0, 0.05) is 47.2 Å². The summed E-state index contributed by atoms with van der Waals surface area (Å²) in [6.07, 6.45) is 4.43. The van der Waals surface area contributed by atoms with E-state index in [1.807, 2.05) is 12.1 Å². The zero-order chi connectivity index (χ0) is 32.1. The second-order valence-electron chi connectivity index (χ2n) is 11.2. The Bertz CT molecular complexity index is 1980. The van der Waals surface area contributed by atoms with Gasteiger partial charge in [-0.15, -0.1) is 0 Å². The van der Waals surface area contributed by atoms with Crippen LogP contribution in [-0.4, -0.2) is 39.8 Å². The number of allylic oxidation sites excluding steroid dienone is 1. The van der Waals surface area contributed by atoms with Crippen molar-refractivity contribution in [2.75, 3.05) is 20.4 Å². The summed E-state index contributed by atoms with van der Waals surface area (Å²) >= 11 is 12.6. The molecule has 0 spiro atoms. The minimum atomic E-state index is -0.580. The molecule has 3 aromatic carbocycles. The van der Waals surface area contributed by atoms with Crippen LogP contribution in [0, 0.1) is 28.4 Å². The van der Waals surface area contributed by atoms with Gasteiger partial charge in [-0.05, 0) is 81.4 Å². The van der Waals surface area contributed by atoms with Gasteiger partial charge in [0.05, 0.1) is 7.11 Å². The van der Waals surface area contributed by atoms with Crippen LogP contribution < -0.4 is 18.9 Å². The maximum atomic E-state index is 11.4. The maximum absolute atomic E-state index is 11.4. The van der Waals surface area contributed by atoms with Gasteiger partial charge >= 0.3 is 5.82 Å². The molecule has 13 heteroatoms. The van der Waals surface area contributed by atoms with Crippen molar-refractivity contribution >= 4 is 40.8 Å². The fourth-order valence-electron chi connectivity index (χ4n) is 6.45. The summed E-state index contributed by atoms with van der Waals surface area (Å²) in [6, 6.07) is 13.5. The number of halogens is 2. The summed E-state index contributed by atoms with van der Waals surface area (Å²) < 4.78 is 25.1. The maximum Gasteiger partial charge on any atom is 0.382 e. The Hall–Kier alpha value is -4.76. The molecule has 4 aromatic rings. The Balaban J connectivity index is 1.36. The number of nitrogens with zero attached hydrogens (tertiary/aromatic N) is 5. The molecular formula is C33H27Cl2N5O6. The van der Waals surface area contributed by atoms with Gasteiger partial charge in [-0.25, -0.2) is 0 Å². The highest BCUT2D eigenvalue weighted by Crippen LogP contribution is 2.48. The number of imidazole rings is 1. The van der Waals surface area contributed by atoms with Crippen LogP contribution >= 0.6 is 23.2 Å². The lowest BCUT2D eigenvalue weighted by Gasteiger charge is -2.42. The Morgan fingerprint density at radius 3 is 2.74 bits per heavy atom. The second kappa shape index (κ2) is 11.9. The highest BCUT2D eigenvalue weighted by Gasteiger charge is 2.37. The molecule has 0 amide bonds. The van der Waals surface area contributed by atoms with Crippen LogP contribution in [0.1, 0.15) is 45.2 Å². The number of hydrogen-bond acceptors (Lipinski definition) is 9. The van der Waals surface area contributed by atoms with Crippen molar-refractivity contribution in [2.45, 2.75) is 39.0 Å². The van der Waals surface area contributed by atoms with Crippen LogP contribution in [0.15, 0.2) is 42.6 Å². The van der Waals surface area contributed by atoms with E-state index in [9.17, 15) is 15.4 Å². The first kappa shape index (κ1) is 29.9. The summed E-state index contributed by atoms with van der Waals surface area (Å²) in [7, 11) is 1.57. The summed E-state index contributed by atoms with van der Waals surface area (Å²) in [5, 5.41) is 22.7. The van der Waals surface area contributed by atoms with Gasteiger partial charge in [-0.2, -0.15) is 5.26 Å². The quantitative estimate of drug-likeness (QED) is 0.118. The molecule has 0 aliphatic carbocycles. The van der Waals surface area contributed by atoms with E-state index >= 15 is 0 Å². The normalized spacial score (nSPS) is 16.7. The molecule has 0 fully saturated rings. The number of rotatable bonds is 7. The third-order valence-corrected chi connectivity index (χ3v) is 9.28. The van der Waals surface area contributed by atoms with Gasteiger partial charge in [0.1, 0.15) is 24.6 Å². The molecule has 234 valence electrons. The van der Waals surface area contributed by atoms with E-state index in [0.717, 1.165) is 46.7 Å². The summed E-state index contributed by atoms with van der Waals surface area (Å²) in [6.45, 7) is 3.39. The van der Waals surface area contributed by atoms with Crippen molar-refractivity contribution in [1.29, 1.82) is 5.26 Å². The van der Waals surface area contributed by atoms with E-state index in [4.69, 9.17) is 42.1 Å². The van der Waals surface area contributed by atoms with Crippen molar-refractivity contribution in [2.24, 2.45) is 0 Å². The minimum Gasteiger partial charge on any atom is -0.493 e. The van der Waals surface area contributed by atoms with E-state index in [1.54, 1.807) is 32.2 Å². The number of methoxy groups -OCH3 is 1. The summed E-state index contributed by atoms with van der Waals surface area (Å²) in [4.78, 5) is 17.3. The van der Waals surface area contributed by atoms with Gasteiger partial charge in [0.2, 0.25) is 12.6 Å². The molecule has 11 nitrogen and oxygen atoms in total. The lowest BCUT2D eigenvalue weighted by atomic mass is 9.81. The fourth-order valence-corrected chi connectivity index (χ4v) is 6.91. The molecule has 1 atom stereocenters. The number of aryl methyl sites for hydroxylation is 1. The first-order valence-electron chi connectivity index (χ1n) is 14.5. The van der Waals surface area contributed by atoms with Crippen molar-refractivity contribution in [1.82, 2.24) is 14.5 Å². The monoisotopic (exact) mass is 659 g/mol. The lowest BCUT2D eigenvalue weighted by molar-refractivity contribution is -0.389. The molecule has 1 unspecified atom stereocenters. The molecule has 3 aliphatic rings. The Kier molecular flexibility index (Phi) is 7.72. The standard InChI is InChI=1S/C33H27Cl2N5O6/c1-18-37-32(40(41)42)15-39(18)23(13-36)7-21-9-31(43-2)33(44-16-20-3-4-22(34)10-27(20)35)26-14-38-6-5-19-8-29-30(46-17-45-29)12-25(19)28(38)11-24(21)26/h3-4,7-10,12,15,28H,5-6,11,14,16-17H2,1-2H3/b23-7+. The molecule has 0 saturated carbocycles. The summed E-state index contributed by atoms with van der Waals surface area (Å²) in [5.74, 6) is 2.55. The lowest BCUT2D eigenvalue weighted by Crippen LogP contribution is -2.39. The Labute approximate surface area is 274 Å². The summed E-state index contributed by atoms with van der Waals surface area (Å²) in [5.41, 5.74) is 5.98. The van der Waals surface area contributed by atoms with Crippen molar-refractivity contribution in [3.05, 3.63) is 102 Å². The highest BCUT2D eigenvalue weighted by atomic mass is 35.5. The number of nitriles is 1. The third-order valence-electron chi connectivity index (χ3n) is 8.69. The number of aromatic nitrogens is 2. The van der Waals surface area contributed by atoms with E-state index in [1.165, 1.54) is 21.9 Å². The topological polar surface area (TPSA) is 125 Å². The average molecular weight is 661 g/mol. The van der Waals surface area contributed by atoms with Gasteiger partial charge in [0.15, 0.2) is 23.0 Å². The van der Waals surface area contributed by atoms with Gasteiger partial charge in [0.25, 0.3) is 0 Å². The highest BCUT2D eigenvalue weighted by molar-refractivity contribution is 6.35. The van der Waals surface area contributed by atoms with E-state index < -0.39 is 4.92 Å². The van der Waals surface area contributed by atoms with Crippen molar-refractivity contribution in [3.63, 3.8) is 0 Å². The molecule has 0 radical (unpaired) electrons. The molecule has 0 N–H and O–H groups in total. The predicted octanol–water partition coefficient (Wildman–Crippen LogP) is 6.90. The van der Waals surface area contributed by atoms with E-state index in [-0.39, 0.29) is 31.0 Å². The zero-order valence-electron chi connectivity index (χ0n) is 24.9. The molecule has 46 heavy (non-hydrogen) atoms. The van der Waals surface area contributed by atoms with Crippen LogP contribution in [0.4, 0.5) is 5.82 Å². The Morgan fingerprint density at radius 1 is 1.22 bits per heavy atom. The van der Waals surface area contributed by atoms with Crippen LogP contribution in [0.5, 0.6) is 23.0 Å². The number of fused-ring (bicyclic) bond motifs is 5. The second-order valence-corrected chi connectivity index (χ2v) is 12.1. The van der Waals surface area contributed by atoms with E-state index in [0.29, 0.717) is 40.3 Å². The first-order chi connectivity index (χ1) is 22.2. The molecule has 0 bridgehead atoms. The zero-order valence-corrected chi connectivity index (χ0v) is 26.4. The van der Waals surface area contributed by atoms with Crippen LogP contribution in [0.2, 0.25) is 10.0 Å². The molecule has 1 aromatic heterocycles. The smallest absolute Gasteiger partial charge is 0.382 e. The number of hydrogen-bond donors (Lipinski definition) is 0. The minimum absolute atomic E-state index is 0.0338. The SMILES string of the molecule is COc1cc(/C=C(\C#N)n2cc([N+](=O)[O-])nc2C)c2c(c1OCc1ccc(Cl)cc1Cl)CN1CCc3cc4c(cc3C1C2)OCO4. The molecule has 4 heterocycles. The molecule has 7 rings (SSSR count). The third kappa shape index (κ3) is 5.28. The molecule has 0 saturated heterocycles. The van der Waals surface area contributed by atoms with Gasteiger partial charge in [-0.1, -0.05) is 29.3 Å².